The van der Waals surface area contributed by atoms with E-state index >= 15 is 0 Å². The van der Waals surface area contributed by atoms with Gasteiger partial charge in [0.2, 0.25) is 5.91 Å². The average molecular weight is 426 g/mol. The molecule has 3 aromatic carbocycles. The van der Waals surface area contributed by atoms with E-state index in [0.717, 1.165) is 5.56 Å². The van der Waals surface area contributed by atoms with Crippen molar-refractivity contribution in [3.8, 4) is 6.07 Å². The van der Waals surface area contributed by atoms with Crippen LogP contribution in [0.25, 0.3) is 0 Å². The van der Waals surface area contributed by atoms with E-state index in [1.165, 1.54) is 18.2 Å². The van der Waals surface area contributed by atoms with Gasteiger partial charge in [0, 0.05) is 11.1 Å². The highest BCUT2D eigenvalue weighted by molar-refractivity contribution is 6.12. The van der Waals surface area contributed by atoms with Gasteiger partial charge in [-0.1, -0.05) is 31.2 Å². The number of carboxylic acid groups (broad SMARTS) is 1. The molecule has 1 saturated carbocycles. The van der Waals surface area contributed by atoms with Crippen LogP contribution in [0.2, 0.25) is 0 Å². The molecule has 3 aromatic rings. The van der Waals surface area contributed by atoms with Crippen LogP contribution in [0.5, 0.6) is 0 Å². The lowest BCUT2D eigenvalue weighted by Gasteiger charge is -2.21. The normalized spacial score (nSPS) is 23.2. The second kappa shape index (κ2) is 6.76. The Hall–Kier alpha value is -3.98. The fourth-order valence-electron chi connectivity index (χ4n) is 5.13. The summed E-state index contributed by atoms with van der Waals surface area (Å²) in [6.07, 6.45) is 0.535. The summed E-state index contributed by atoms with van der Waals surface area (Å²) in [6.45, 7) is 2.19. The minimum absolute atomic E-state index is 0.120. The van der Waals surface area contributed by atoms with Crippen molar-refractivity contribution in [2.75, 3.05) is 4.90 Å². The molecule has 5 rings (SSSR count). The van der Waals surface area contributed by atoms with E-state index in [9.17, 15) is 19.1 Å². The molecule has 0 bridgehead atoms. The van der Waals surface area contributed by atoms with E-state index in [0.29, 0.717) is 28.8 Å². The lowest BCUT2D eigenvalue weighted by atomic mass is 9.83. The predicted octanol–water partition coefficient (Wildman–Crippen LogP) is 4.54. The van der Waals surface area contributed by atoms with Gasteiger partial charge in [0.25, 0.3) is 0 Å². The largest absolute Gasteiger partial charge is 0.478 e. The molecule has 0 aromatic heterocycles. The zero-order chi connectivity index (χ0) is 22.7. The van der Waals surface area contributed by atoms with E-state index in [-0.39, 0.29) is 18.0 Å². The molecule has 1 spiro atoms. The van der Waals surface area contributed by atoms with Gasteiger partial charge < -0.3 is 10.0 Å². The van der Waals surface area contributed by atoms with Crippen molar-refractivity contribution in [3.05, 3.63) is 100 Å². The quantitative estimate of drug-likeness (QED) is 0.664. The van der Waals surface area contributed by atoms with Gasteiger partial charge in [-0.25, -0.2) is 9.18 Å². The van der Waals surface area contributed by atoms with Gasteiger partial charge >= 0.3 is 5.97 Å². The van der Waals surface area contributed by atoms with E-state index in [1.807, 2.05) is 19.1 Å². The first-order valence-electron chi connectivity index (χ1n) is 10.2. The van der Waals surface area contributed by atoms with Crippen molar-refractivity contribution in [1.29, 1.82) is 5.26 Å². The first kappa shape index (κ1) is 20.0. The van der Waals surface area contributed by atoms with Gasteiger partial charge in [0.15, 0.2) is 0 Å². The summed E-state index contributed by atoms with van der Waals surface area (Å²) in [5.74, 6) is -1.56. The number of hydrogen-bond acceptors (Lipinski definition) is 3. The molecule has 2 unspecified atom stereocenters. The van der Waals surface area contributed by atoms with E-state index in [4.69, 9.17) is 5.26 Å². The molecule has 32 heavy (non-hydrogen) atoms. The summed E-state index contributed by atoms with van der Waals surface area (Å²) in [7, 11) is 0. The fraction of sp³-hybridized carbons (Fsp3) is 0.192. The molecule has 1 amide bonds. The summed E-state index contributed by atoms with van der Waals surface area (Å²) < 4.78 is 14.3. The highest BCUT2D eigenvalue weighted by atomic mass is 19.1. The predicted molar refractivity (Wildman–Crippen MR) is 116 cm³/mol. The summed E-state index contributed by atoms with van der Waals surface area (Å²) in [5, 5.41) is 18.4. The fourth-order valence-corrected chi connectivity index (χ4v) is 5.13. The maximum Gasteiger partial charge on any atom is 0.335 e. The third-order valence-corrected chi connectivity index (χ3v) is 6.92. The van der Waals surface area contributed by atoms with Gasteiger partial charge in [-0.05, 0) is 65.6 Å². The lowest BCUT2D eigenvalue weighted by molar-refractivity contribution is -0.120. The Morgan fingerprint density at radius 2 is 1.91 bits per heavy atom. The van der Waals surface area contributed by atoms with Crippen LogP contribution < -0.4 is 4.90 Å². The highest BCUT2D eigenvalue weighted by Crippen LogP contribution is 2.70. The monoisotopic (exact) mass is 426 g/mol. The number of benzene rings is 3. The number of nitrogens with zero attached hydrogens (tertiary/aromatic N) is 2. The second-order valence-corrected chi connectivity index (χ2v) is 8.66. The van der Waals surface area contributed by atoms with Gasteiger partial charge in [-0.2, -0.15) is 5.26 Å². The summed E-state index contributed by atoms with van der Waals surface area (Å²) >= 11 is 0. The molecule has 1 heterocycles. The number of carbonyl (C=O) groups is 2. The van der Waals surface area contributed by atoms with Crippen LogP contribution in [-0.4, -0.2) is 17.0 Å². The summed E-state index contributed by atoms with van der Waals surface area (Å²) in [6, 6.07) is 20.2. The molecule has 0 radical (unpaired) electrons. The van der Waals surface area contributed by atoms with Gasteiger partial charge in [-0.3, -0.25) is 4.79 Å². The van der Waals surface area contributed by atoms with Crippen LogP contribution >= 0.6 is 0 Å². The SMILES string of the molecule is CC1(c2ccc(C#N)cc2)CC12C(=O)N(Cc1cccc(C(=O)O)c1)c1ccc(F)cc12. The first-order chi connectivity index (χ1) is 15.3. The molecule has 2 aliphatic rings. The Morgan fingerprint density at radius 3 is 2.59 bits per heavy atom. The molecular formula is C26H19FN2O3. The van der Waals surface area contributed by atoms with Crippen molar-refractivity contribution in [2.24, 2.45) is 0 Å². The number of aromatic carboxylic acids is 1. The van der Waals surface area contributed by atoms with Gasteiger partial charge in [-0.15, -0.1) is 0 Å². The topological polar surface area (TPSA) is 81.4 Å². The van der Waals surface area contributed by atoms with Crippen LogP contribution in [0, 0.1) is 17.1 Å². The van der Waals surface area contributed by atoms with Gasteiger partial charge in [0.05, 0.1) is 29.2 Å². The summed E-state index contributed by atoms with van der Waals surface area (Å²) in [5.41, 5.74) is 2.19. The van der Waals surface area contributed by atoms with Crippen LogP contribution in [0.4, 0.5) is 10.1 Å². The molecule has 1 N–H and O–H groups in total. The maximum absolute atomic E-state index is 14.3. The van der Waals surface area contributed by atoms with Crippen LogP contribution in [0.15, 0.2) is 66.7 Å². The van der Waals surface area contributed by atoms with Crippen molar-refractivity contribution >= 4 is 17.6 Å². The minimum Gasteiger partial charge on any atom is -0.478 e. The molecule has 1 fully saturated rings. The average Bonchev–Trinajstić information content (AvgIpc) is 3.38. The van der Waals surface area contributed by atoms with Crippen LogP contribution in [0.1, 0.15) is 46.0 Å². The summed E-state index contributed by atoms with van der Waals surface area (Å²) in [4.78, 5) is 26.8. The third kappa shape index (κ3) is 2.68. The number of carboxylic acids is 1. The number of fused-ring (bicyclic) bond motifs is 2. The number of halogens is 1. The van der Waals surface area contributed by atoms with Crippen molar-refractivity contribution < 1.29 is 19.1 Å². The number of amides is 1. The van der Waals surface area contributed by atoms with Gasteiger partial charge in [0.1, 0.15) is 5.82 Å². The zero-order valence-corrected chi connectivity index (χ0v) is 17.3. The van der Waals surface area contributed by atoms with Crippen molar-refractivity contribution in [2.45, 2.75) is 30.7 Å². The molecular weight excluding hydrogens is 407 g/mol. The second-order valence-electron chi connectivity index (χ2n) is 8.66. The Labute approximate surface area is 184 Å². The van der Waals surface area contributed by atoms with Crippen molar-refractivity contribution in [3.63, 3.8) is 0 Å². The number of rotatable bonds is 4. The van der Waals surface area contributed by atoms with Crippen LogP contribution in [0.3, 0.4) is 0 Å². The molecule has 5 nitrogen and oxygen atoms in total. The maximum atomic E-state index is 14.3. The van der Waals surface area contributed by atoms with Crippen molar-refractivity contribution in [1.82, 2.24) is 0 Å². The third-order valence-electron chi connectivity index (χ3n) is 6.92. The molecule has 1 aliphatic carbocycles. The van der Waals surface area contributed by atoms with E-state index in [2.05, 4.69) is 6.07 Å². The number of nitriles is 1. The Bertz CT molecular complexity index is 1330. The van der Waals surface area contributed by atoms with E-state index in [1.54, 1.807) is 41.3 Å². The number of carbonyl (C=O) groups excluding carboxylic acids is 1. The molecule has 0 saturated heterocycles. The number of anilines is 1. The Kier molecular flexibility index (Phi) is 4.22. The minimum atomic E-state index is -1.03. The highest BCUT2D eigenvalue weighted by Gasteiger charge is 2.74. The molecule has 158 valence electrons. The molecule has 1 aliphatic heterocycles. The lowest BCUT2D eigenvalue weighted by Crippen LogP contribution is -2.35. The standard InChI is InChI=1S/C26H19FN2O3/c1-25(19-7-5-16(13-28)6-8-19)15-26(25)21-12-20(27)9-10-22(21)29(24(26)32)14-17-3-2-4-18(11-17)23(30)31/h2-12H,14-15H2,1H3,(H,30,31). The zero-order valence-electron chi connectivity index (χ0n) is 17.3. The molecule has 6 heteroatoms. The smallest absolute Gasteiger partial charge is 0.335 e. The molecule has 2 atom stereocenters. The van der Waals surface area contributed by atoms with E-state index < -0.39 is 22.6 Å². The Morgan fingerprint density at radius 1 is 1.16 bits per heavy atom. The Balaban J connectivity index is 1.57. The number of hydrogen-bond donors (Lipinski definition) is 1. The first-order valence-corrected chi connectivity index (χ1v) is 10.2. The van der Waals surface area contributed by atoms with Crippen LogP contribution in [-0.2, 0) is 22.2 Å².